The molecule has 0 unspecified atom stereocenters. The maximum atomic E-state index is 15.9. The summed E-state index contributed by atoms with van der Waals surface area (Å²) in [5.41, 5.74) is -2.43. The molecule has 5 N–H and O–H groups in total. The fourth-order valence-corrected chi connectivity index (χ4v) is 11.8. The molecule has 10 rings (SSSR count). The summed E-state index contributed by atoms with van der Waals surface area (Å²) in [5, 5.41) is 52.0. The number of hydrogen-bond acceptors (Lipinski definition) is 19. The number of carboxylic acid groups (broad SMARTS) is 1. The van der Waals surface area contributed by atoms with E-state index in [1.54, 1.807) is 54.2 Å². The number of anilines is 1. The number of nitrogens with zero attached hydrogens (tertiary/aromatic N) is 5. The van der Waals surface area contributed by atoms with Crippen molar-refractivity contribution in [3.63, 3.8) is 0 Å². The van der Waals surface area contributed by atoms with Gasteiger partial charge in [-0.25, -0.2) is 9.18 Å². The van der Waals surface area contributed by atoms with Crippen LogP contribution in [0, 0.1) is 36.4 Å². The molecule has 2 saturated heterocycles. The fourth-order valence-electron chi connectivity index (χ4n) is 11.8. The predicted octanol–water partition coefficient (Wildman–Crippen LogP) is 4.66. The van der Waals surface area contributed by atoms with Crippen molar-refractivity contribution in [2.75, 3.05) is 71.1 Å². The summed E-state index contributed by atoms with van der Waals surface area (Å²) >= 11 is 0. The molecule has 0 radical (unpaired) electrons. The molecular weight excluding hydrogens is 1100 g/mol. The summed E-state index contributed by atoms with van der Waals surface area (Å²) in [6, 6.07) is 2.55. The number of aliphatic hydroxyl groups excluding tert-OH is 2. The number of phenolic OH excluding ortho intramolecular Hbond substituents is 1. The minimum atomic E-state index is -2.07. The fraction of sp³-hybridized carbons (Fsp3) is 0.500. The number of carbonyl (C=O) groups excluding carboxylic acids is 5. The zero-order valence-corrected chi connectivity index (χ0v) is 48.3. The number of methoxy groups -OCH3 is 1. The van der Waals surface area contributed by atoms with Gasteiger partial charge in [0.2, 0.25) is 17.0 Å². The lowest BCUT2D eigenvalue weighted by molar-refractivity contribution is -0.160. The highest BCUT2D eigenvalue weighted by Gasteiger charge is 2.53. The van der Waals surface area contributed by atoms with Crippen molar-refractivity contribution in [2.45, 2.75) is 104 Å². The van der Waals surface area contributed by atoms with Gasteiger partial charge < -0.3 is 73.5 Å². The summed E-state index contributed by atoms with van der Waals surface area (Å²) in [5.74, 6) is -11.4. The number of fused-ring (bicyclic) bond motifs is 15. The van der Waals surface area contributed by atoms with Crippen LogP contribution in [-0.2, 0) is 38.2 Å². The van der Waals surface area contributed by atoms with Crippen LogP contribution < -0.4 is 20.4 Å². The standard InChI is InChI=1S/C60H71FN6O17/c1-29-11-10-12-30(2)58(76)62-47-48(66-20-23-80-24-21-66)54(75)44-45(53(47)74)51(72)34(6)56-46(44)57(60(8,84-56)81-22-15-42(79-9)31(3)55(83-35(7)68)33(5)50(71)32(4)49(29)70)63-82-28-43(69)65-18-16-64(17-19-65)41-26-40-37(25-39(41)61)52(73)38(59(77)78)27-67(40)36-13-14-36/h10-12,15,22,25-27,29,31-33,36,42,49-50,55,70-72H,13-14,16-21,23-24,28H2,1-9H3,(H,62,76)(H,77,78)/b11-10+,22-15+,30-12-,63-57-/t29-,31+,32+,33+,42-,49-,50+,55+,60-/m0/s1. The zero-order chi connectivity index (χ0) is 60.8. The van der Waals surface area contributed by atoms with E-state index in [1.807, 2.05) is 0 Å². The largest absolute Gasteiger partial charge is 0.507 e. The number of carbonyl (C=O) groups is 6. The quantitative estimate of drug-likeness (QED) is 0.144. The first-order valence-electron chi connectivity index (χ1n) is 28.1. The van der Waals surface area contributed by atoms with Crippen LogP contribution in [-0.4, -0.2) is 172 Å². The van der Waals surface area contributed by atoms with Crippen LogP contribution in [0.2, 0.25) is 0 Å². The molecule has 1 saturated carbocycles. The number of Topliss-reactive ketones (excluding diaryl/α,β-unsaturated/α-hetero) is 2. The Bertz CT molecular complexity index is 3410. The molecule has 9 atom stereocenters. The molecule has 5 bridgehead atoms. The van der Waals surface area contributed by atoms with Gasteiger partial charge >= 0.3 is 11.9 Å². The number of rotatable bonds is 9. The number of aromatic nitrogens is 1. The van der Waals surface area contributed by atoms with E-state index in [4.69, 9.17) is 28.5 Å². The third kappa shape index (κ3) is 11.5. The lowest BCUT2D eigenvalue weighted by Gasteiger charge is -2.38. The number of amides is 2. The van der Waals surface area contributed by atoms with Gasteiger partial charge in [-0.3, -0.25) is 28.8 Å². The monoisotopic (exact) mass is 1170 g/mol. The van der Waals surface area contributed by atoms with Gasteiger partial charge in [0.25, 0.3) is 17.6 Å². The predicted molar refractivity (Wildman–Crippen MR) is 301 cm³/mol. The van der Waals surface area contributed by atoms with E-state index >= 15 is 14.0 Å². The van der Waals surface area contributed by atoms with Crippen LogP contribution >= 0.6 is 0 Å². The number of esters is 1. The van der Waals surface area contributed by atoms with Gasteiger partial charge in [-0.1, -0.05) is 51.1 Å². The summed E-state index contributed by atoms with van der Waals surface area (Å²) < 4.78 is 47.9. The van der Waals surface area contributed by atoms with Crippen molar-refractivity contribution >= 4 is 57.6 Å². The average Bonchev–Trinajstić information content (AvgIpc) is 1.59. The molecule has 84 heavy (non-hydrogen) atoms. The zero-order valence-electron chi connectivity index (χ0n) is 48.3. The Labute approximate surface area is 483 Å². The minimum absolute atomic E-state index is 0.0236. The van der Waals surface area contributed by atoms with Gasteiger partial charge in [0.1, 0.15) is 40.4 Å². The van der Waals surface area contributed by atoms with Crippen LogP contribution in [0.15, 0.2) is 75.8 Å². The SMILES string of the molecule is CO[C@H]1/C=C/O[C@@]2(C)Oc3c(C)c(O)c4c(c3/C2=N/OCC(=O)N2CCN(c3cc5c(cc3F)c(=O)c(C(=O)O)cn5C3CC3)CC2)C(=O)C(N2CCOCC2)=C(NC(=O)/C(C)=C\C=C\[C@H](C)[C@H](O)[C@@H](C)[C@@H](O)[C@@H](C)[C@H](OC(C)=O)[C@@H]1C)C4=O. The minimum Gasteiger partial charge on any atom is -0.507 e. The topological polar surface area (TPSA) is 295 Å². The van der Waals surface area contributed by atoms with Gasteiger partial charge in [-0.15, -0.1) is 0 Å². The van der Waals surface area contributed by atoms with E-state index < -0.39 is 130 Å². The highest BCUT2D eigenvalue weighted by molar-refractivity contribution is 6.33. The highest BCUT2D eigenvalue weighted by atomic mass is 19.1. The molecule has 2 aliphatic carbocycles. The van der Waals surface area contributed by atoms with E-state index in [9.17, 15) is 44.4 Å². The molecule has 3 fully saturated rings. The van der Waals surface area contributed by atoms with Gasteiger partial charge in [-0.05, 0) is 44.9 Å². The Morgan fingerprint density at radius 1 is 0.881 bits per heavy atom. The van der Waals surface area contributed by atoms with Gasteiger partial charge in [0, 0.05) is 113 Å². The average molecular weight is 1170 g/mol. The number of ketones is 2. The first-order valence-corrected chi connectivity index (χ1v) is 28.1. The van der Waals surface area contributed by atoms with Crippen LogP contribution in [0.3, 0.4) is 0 Å². The smallest absolute Gasteiger partial charge is 0.341 e. The third-order valence-corrected chi connectivity index (χ3v) is 16.9. The van der Waals surface area contributed by atoms with Crippen LogP contribution in [0.4, 0.5) is 10.1 Å². The lowest BCUT2D eigenvalue weighted by atomic mass is 9.78. The summed E-state index contributed by atoms with van der Waals surface area (Å²) in [7, 11) is 1.41. The maximum Gasteiger partial charge on any atom is 0.341 e. The number of piperazine rings is 1. The van der Waals surface area contributed by atoms with E-state index in [1.165, 1.54) is 70.4 Å². The van der Waals surface area contributed by atoms with E-state index in [2.05, 4.69) is 10.5 Å². The number of oxime groups is 1. The number of halogens is 1. The number of ether oxygens (including phenoxy) is 5. The first kappa shape index (κ1) is 60.7. The number of morpholine rings is 1. The number of aromatic carboxylic acids is 1. The summed E-state index contributed by atoms with van der Waals surface area (Å²) in [6.45, 7) is 12.8. The molecule has 2 amide bonds. The molecule has 3 aromatic rings. The van der Waals surface area contributed by atoms with Crippen LogP contribution in [0.1, 0.15) is 110 Å². The van der Waals surface area contributed by atoms with Crippen LogP contribution in [0.25, 0.3) is 10.9 Å². The van der Waals surface area contributed by atoms with Gasteiger partial charge in [0.15, 0.2) is 12.3 Å². The lowest BCUT2D eigenvalue weighted by Crippen LogP contribution is -2.50. The molecule has 1 aromatic heterocycles. The number of allylic oxidation sites excluding steroid dienone is 4. The number of aliphatic hydroxyl groups is 2. The van der Waals surface area contributed by atoms with E-state index in [0.717, 1.165) is 18.9 Å². The summed E-state index contributed by atoms with van der Waals surface area (Å²) in [4.78, 5) is 107. The second-order valence-corrected chi connectivity index (χ2v) is 22.5. The number of phenols is 1. The molecule has 450 valence electrons. The molecule has 2 aromatic carbocycles. The molecule has 6 heterocycles. The Balaban J connectivity index is 1.08. The first-order chi connectivity index (χ1) is 39.9. The second kappa shape index (κ2) is 24.3. The number of benzene rings is 2. The Morgan fingerprint density at radius 2 is 1.57 bits per heavy atom. The Morgan fingerprint density at radius 3 is 2.21 bits per heavy atom. The van der Waals surface area contributed by atoms with Crippen molar-refractivity contribution < 1.29 is 82.1 Å². The molecule has 7 aliphatic rings. The number of hydrogen-bond donors (Lipinski definition) is 5. The van der Waals surface area contributed by atoms with E-state index in [0.29, 0.717) is 5.52 Å². The maximum absolute atomic E-state index is 15.9. The van der Waals surface area contributed by atoms with Crippen LogP contribution in [0.5, 0.6) is 11.5 Å². The third-order valence-electron chi connectivity index (χ3n) is 16.9. The molecule has 0 spiro atoms. The van der Waals surface area contributed by atoms with E-state index in [-0.39, 0.29) is 109 Å². The molecular formula is C60H71FN6O17. The van der Waals surface area contributed by atoms with Gasteiger partial charge in [0.05, 0.1) is 65.7 Å². The van der Waals surface area contributed by atoms with Crippen molar-refractivity contribution in [1.82, 2.24) is 19.7 Å². The normalized spacial score (nSPS) is 29.0. The molecule has 5 aliphatic heterocycles. The van der Waals surface area contributed by atoms with Crippen molar-refractivity contribution in [2.24, 2.45) is 28.8 Å². The molecule has 23 nitrogen and oxygen atoms in total. The van der Waals surface area contributed by atoms with Gasteiger partial charge in [-0.2, -0.15) is 0 Å². The molecule has 24 heteroatoms. The number of carboxylic acids is 1. The number of aromatic hydroxyl groups is 1. The highest BCUT2D eigenvalue weighted by Crippen LogP contribution is 2.50. The summed E-state index contributed by atoms with van der Waals surface area (Å²) in [6.07, 6.45) is 5.98. The van der Waals surface area contributed by atoms with Crippen molar-refractivity contribution in [3.8, 4) is 11.5 Å². The number of pyridine rings is 1. The Kier molecular flexibility index (Phi) is 17.6. The Hall–Kier alpha value is -7.93. The number of nitrogens with one attached hydrogen (secondary N) is 1. The second-order valence-electron chi connectivity index (χ2n) is 22.5. The van der Waals surface area contributed by atoms with Crippen molar-refractivity contribution in [3.05, 3.63) is 110 Å². The van der Waals surface area contributed by atoms with Crippen molar-refractivity contribution in [1.29, 1.82) is 0 Å².